The summed E-state index contributed by atoms with van der Waals surface area (Å²) in [5.74, 6) is -0.0131. The number of hydrogen-bond acceptors (Lipinski definition) is 7. The van der Waals surface area contributed by atoms with E-state index in [0.717, 1.165) is 0 Å². The minimum Gasteiger partial charge on any atom is -0.378 e. The van der Waals surface area contributed by atoms with E-state index in [1.807, 2.05) is 4.90 Å². The maximum absolute atomic E-state index is 13.1. The van der Waals surface area contributed by atoms with Gasteiger partial charge in [0.05, 0.1) is 35.1 Å². The van der Waals surface area contributed by atoms with Gasteiger partial charge in [0.25, 0.3) is 11.6 Å². The van der Waals surface area contributed by atoms with Crippen molar-refractivity contribution in [2.45, 2.75) is 0 Å². The number of non-ortho nitro benzene ring substituents is 1. The molecule has 4 rings (SSSR count). The van der Waals surface area contributed by atoms with E-state index in [1.54, 1.807) is 42.9 Å². The number of hydrogen-bond donors (Lipinski definition) is 1. The molecule has 10 heteroatoms. The lowest BCUT2D eigenvalue weighted by atomic mass is 10.1. The highest BCUT2D eigenvalue weighted by Gasteiger charge is 2.23. The number of nitro groups is 1. The topological polar surface area (TPSA) is 115 Å². The van der Waals surface area contributed by atoms with Crippen molar-refractivity contribution >= 4 is 23.0 Å². The van der Waals surface area contributed by atoms with Gasteiger partial charge in [0, 0.05) is 43.8 Å². The van der Waals surface area contributed by atoms with Gasteiger partial charge in [-0.2, -0.15) is 5.10 Å². The van der Waals surface area contributed by atoms with Crippen LogP contribution >= 0.6 is 0 Å². The average molecular weight is 394 g/mol. The van der Waals surface area contributed by atoms with Gasteiger partial charge >= 0.3 is 0 Å². The minimum atomic E-state index is -0.515. The number of anilines is 2. The van der Waals surface area contributed by atoms with Crippen molar-refractivity contribution in [1.29, 1.82) is 0 Å². The molecule has 1 N–H and O–H groups in total. The second kappa shape index (κ2) is 8.07. The number of nitro benzene ring substituents is 1. The number of carbonyl (C=O) groups is 1. The van der Waals surface area contributed by atoms with Crippen LogP contribution in [0.15, 0.2) is 55.0 Å². The molecule has 1 aliphatic rings. The van der Waals surface area contributed by atoms with E-state index < -0.39 is 10.8 Å². The molecule has 1 aliphatic heterocycles. The molecule has 3 aromatic rings. The first-order valence-electron chi connectivity index (χ1n) is 9.01. The van der Waals surface area contributed by atoms with Gasteiger partial charge in [-0.3, -0.25) is 14.9 Å². The van der Waals surface area contributed by atoms with Crippen molar-refractivity contribution in [3.63, 3.8) is 0 Å². The van der Waals surface area contributed by atoms with E-state index in [9.17, 15) is 14.9 Å². The van der Waals surface area contributed by atoms with Crippen molar-refractivity contribution in [2.24, 2.45) is 0 Å². The zero-order valence-electron chi connectivity index (χ0n) is 15.4. The van der Waals surface area contributed by atoms with Gasteiger partial charge < -0.3 is 15.0 Å². The first kappa shape index (κ1) is 18.6. The second-order valence-corrected chi connectivity index (χ2v) is 6.34. The number of nitrogens with one attached hydrogen (secondary N) is 1. The van der Waals surface area contributed by atoms with Crippen LogP contribution in [-0.2, 0) is 4.74 Å². The van der Waals surface area contributed by atoms with E-state index in [0.29, 0.717) is 43.5 Å². The SMILES string of the molecule is O=C(Nc1cccnc1-n1cccn1)c1cc([N+](=O)[O-])ccc1N1CCOCC1. The number of aromatic nitrogens is 3. The molecule has 10 nitrogen and oxygen atoms in total. The van der Waals surface area contributed by atoms with Crippen LogP contribution in [0.25, 0.3) is 5.82 Å². The Labute approximate surface area is 165 Å². The predicted molar refractivity (Wildman–Crippen MR) is 105 cm³/mol. The maximum atomic E-state index is 13.1. The van der Waals surface area contributed by atoms with Crippen LogP contribution < -0.4 is 10.2 Å². The molecular weight excluding hydrogens is 376 g/mol. The third-order valence-corrected chi connectivity index (χ3v) is 4.54. The molecule has 0 atom stereocenters. The number of amides is 1. The number of carbonyl (C=O) groups excluding carboxylic acids is 1. The van der Waals surface area contributed by atoms with Crippen LogP contribution in [0.5, 0.6) is 0 Å². The molecule has 0 aliphatic carbocycles. The molecule has 1 aromatic carbocycles. The fourth-order valence-corrected chi connectivity index (χ4v) is 3.16. The summed E-state index contributed by atoms with van der Waals surface area (Å²) in [6.45, 7) is 2.27. The molecule has 0 unspecified atom stereocenters. The highest BCUT2D eigenvalue weighted by Crippen LogP contribution is 2.28. The lowest BCUT2D eigenvalue weighted by Crippen LogP contribution is -2.37. The van der Waals surface area contributed by atoms with Gasteiger partial charge in [-0.1, -0.05) is 0 Å². The summed E-state index contributed by atoms with van der Waals surface area (Å²) in [5, 5.41) is 18.2. The molecular formula is C19H18N6O4. The number of pyridine rings is 1. The fourth-order valence-electron chi connectivity index (χ4n) is 3.16. The van der Waals surface area contributed by atoms with Crippen LogP contribution in [0.2, 0.25) is 0 Å². The van der Waals surface area contributed by atoms with E-state index >= 15 is 0 Å². The van der Waals surface area contributed by atoms with Crippen LogP contribution in [0.4, 0.5) is 17.1 Å². The van der Waals surface area contributed by atoms with Gasteiger partial charge in [0.1, 0.15) is 0 Å². The summed E-state index contributed by atoms with van der Waals surface area (Å²) in [7, 11) is 0. The van der Waals surface area contributed by atoms with E-state index in [1.165, 1.54) is 16.8 Å². The van der Waals surface area contributed by atoms with E-state index in [4.69, 9.17) is 4.74 Å². The number of benzene rings is 1. The molecule has 1 saturated heterocycles. The monoisotopic (exact) mass is 394 g/mol. The van der Waals surface area contributed by atoms with E-state index in [-0.39, 0.29) is 11.3 Å². The molecule has 0 saturated carbocycles. The highest BCUT2D eigenvalue weighted by molar-refractivity contribution is 6.09. The van der Waals surface area contributed by atoms with E-state index in [2.05, 4.69) is 15.4 Å². The lowest BCUT2D eigenvalue weighted by molar-refractivity contribution is -0.384. The number of rotatable bonds is 5. The Kier molecular flexibility index (Phi) is 5.16. The van der Waals surface area contributed by atoms with Gasteiger partial charge in [-0.15, -0.1) is 0 Å². The van der Waals surface area contributed by atoms with Crippen molar-refractivity contribution < 1.29 is 14.5 Å². The third-order valence-electron chi connectivity index (χ3n) is 4.54. The molecule has 1 amide bonds. The number of morpholine rings is 1. The molecule has 0 bridgehead atoms. The van der Waals surface area contributed by atoms with Crippen LogP contribution in [0.1, 0.15) is 10.4 Å². The lowest BCUT2D eigenvalue weighted by Gasteiger charge is -2.30. The van der Waals surface area contributed by atoms with Crippen LogP contribution in [0.3, 0.4) is 0 Å². The largest absolute Gasteiger partial charge is 0.378 e. The molecule has 0 spiro atoms. The van der Waals surface area contributed by atoms with Gasteiger partial charge in [0.15, 0.2) is 5.82 Å². The van der Waals surface area contributed by atoms with Gasteiger partial charge in [-0.05, 0) is 24.3 Å². The second-order valence-electron chi connectivity index (χ2n) is 6.34. The van der Waals surface area contributed by atoms with Gasteiger partial charge in [-0.25, -0.2) is 9.67 Å². The zero-order chi connectivity index (χ0) is 20.2. The van der Waals surface area contributed by atoms with Gasteiger partial charge in [0.2, 0.25) is 0 Å². The molecule has 29 heavy (non-hydrogen) atoms. The number of nitrogens with zero attached hydrogens (tertiary/aromatic N) is 5. The predicted octanol–water partition coefficient (Wildman–Crippen LogP) is 2.26. The smallest absolute Gasteiger partial charge is 0.270 e. The summed E-state index contributed by atoms with van der Waals surface area (Å²) in [5.41, 5.74) is 1.14. The fraction of sp³-hybridized carbons (Fsp3) is 0.211. The van der Waals surface area contributed by atoms with Crippen LogP contribution in [0, 0.1) is 10.1 Å². The Bertz CT molecular complexity index is 1030. The summed E-state index contributed by atoms with van der Waals surface area (Å²) in [6, 6.07) is 9.45. The molecule has 2 aromatic heterocycles. The van der Waals surface area contributed by atoms with Crippen molar-refractivity contribution in [1.82, 2.24) is 14.8 Å². The Morgan fingerprint density at radius 3 is 2.72 bits per heavy atom. The Balaban J connectivity index is 1.69. The Morgan fingerprint density at radius 1 is 1.17 bits per heavy atom. The summed E-state index contributed by atoms with van der Waals surface area (Å²) >= 11 is 0. The first-order valence-corrected chi connectivity index (χ1v) is 9.01. The Morgan fingerprint density at radius 2 is 2.00 bits per heavy atom. The summed E-state index contributed by atoms with van der Waals surface area (Å²) in [6.07, 6.45) is 4.92. The quantitative estimate of drug-likeness (QED) is 0.521. The number of ether oxygens (including phenoxy) is 1. The van der Waals surface area contributed by atoms with Crippen molar-refractivity contribution in [3.05, 3.63) is 70.7 Å². The first-order chi connectivity index (χ1) is 14.1. The zero-order valence-corrected chi connectivity index (χ0v) is 15.4. The third kappa shape index (κ3) is 3.92. The Hall–Kier alpha value is -3.79. The normalized spacial score (nSPS) is 13.9. The summed E-state index contributed by atoms with van der Waals surface area (Å²) in [4.78, 5) is 30.1. The highest BCUT2D eigenvalue weighted by atomic mass is 16.6. The minimum absolute atomic E-state index is 0.148. The van der Waals surface area contributed by atoms with Crippen molar-refractivity contribution in [2.75, 3.05) is 36.5 Å². The molecule has 1 fully saturated rings. The van der Waals surface area contributed by atoms with Crippen molar-refractivity contribution in [3.8, 4) is 5.82 Å². The molecule has 148 valence electrons. The maximum Gasteiger partial charge on any atom is 0.270 e. The average Bonchev–Trinajstić information content (AvgIpc) is 3.29. The van der Waals surface area contributed by atoms with Crippen LogP contribution in [-0.4, -0.2) is 51.9 Å². The summed E-state index contributed by atoms with van der Waals surface area (Å²) < 4.78 is 6.90. The standard InChI is InChI=1S/C19H18N6O4/c26-19(22-16-3-1-6-20-18(16)24-8-2-7-21-24)15-13-14(25(27)28)4-5-17(15)23-9-11-29-12-10-23/h1-8,13H,9-12H2,(H,22,26). The molecule has 0 radical (unpaired) electrons. The molecule has 3 heterocycles.